The molecule has 2 N–H and O–H groups in total. The van der Waals surface area contributed by atoms with E-state index in [9.17, 15) is 9.90 Å². The van der Waals surface area contributed by atoms with Crippen molar-refractivity contribution in [2.75, 3.05) is 0 Å². The number of aliphatic hydroxyl groups excluding tert-OH is 1. The van der Waals surface area contributed by atoms with E-state index in [-0.39, 0.29) is 12.3 Å². The number of carbonyl (C=O) groups excluding carboxylic acids is 1. The van der Waals surface area contributed by atoms with Gasteiger partial charge in [0.15, 0.2) is 0 Å². The van der Waals surface area contributed by atoms with Gasteiger partial charge in [0.1, 0.15) is 11.8 Å². The zero-order valence-electron chi connectivity index (χ0n) is 14.2. The van der Waals surface area contributed by atoms with Crippen molar-refractivity contribution in [1.82, 2.24) is 5.43 Å². The molecule has 1 unspecified atom stereocenters. The maximum atomic E-state index is 12.2. The average Bonchev–Trinajstić information content (AvgIpc) is 2.70. The summed E-state index contributed by atoms with van der Waals surface area (Å²) in [6.07, 6.45) is -0.705. The number of nitrogens with one attached hydrogen (secondary N) is 1. The number of rotatable bonds is 6. The smallest absolute Gasteiger partial charge is 0.244 e. The van der Waals surface area contributed by atoms with Crippen LogP contribution in [0.2, 0.25) is 0 Å². The number of hydrogen-bond donors (Lipinski definition) is 2. The zero-order valence-corrected chi connectivity index (χ0v) is 14.2. The molecule has 0 aliphatic heterocycles. The van der Waals surface area contributed by atoms with Gasteiger partial charge in [-0.2, -0.15) is 5.10 Å². The Morgan fingerprint density at radius 1 is 0.846 bits per heavy atom. The first-order valence-electron chi connectivity index (χ1n) is 8.43. The summed E-state index contributed by atoms with van der Waals surface area (Å²) in [6, 6.07) is 28.1. The fourth-order valence-electron chi connectivity index (χ4n) is 2.63. The van der Waals surface area contributed by atoms with Crippen molar-refractivity contribution in [3.05, 3.63) is 108 Å². The monoisotopic (exact) mass is 344 g/mol. The predicted molar refractivity (Wildman–Crippen MR) is 103 cm³/mol. The predicted octanol–water partition coefficient (Wildman–Crippen LogP) is 3.48. The van der Waals surface area contributed by atoms with E-state index in [1.807, 2.05) is 91.0 Å². The van der Waals surface area contributed by atoms with Crippen molar-refractivity contribution in [2.24, 2.45) is 5.10 Å². The van der Waals surface area contributed by atoms with Gasteiger partial charge in [0.2, 0.25) is 5.91 Å². The molecule has 0 fully saturated rings. The van der Waals surface area contributed by atoms with Crippen LogP contribution in [-0.4, -0.2) is 16.7 Å². The molecular weight excluding hydrogens is 324 g/mol. The molecule has 0 bridgehead atoms. The van der Waals surface area contributed by atoms with Gasteiger partial charge in [0.25, 0.3) is 0 Å². The largest absolute Gasteiger partial charge is 0.382 e. The highest BCUT2D eigenvalue weighted by atomic mass is 16.3. The Morgan fingerprint density at radius 2 is 1.38 bits per heavy atom. The van der Waals surface area contributed by atoms with Crippen LogP contribution in [0, 0.1) is 0 Å². The molecule has 0 saturated carbocycles. The Morgan fingerprint density at radius 3 is 2.00 bits per heavy atom. The van der Waals surface area contributed by atoms with Crippen LogP contribution < -0.4 is 5.43 Å². The van der Waals surface area contributed by atoms with Crippen molar-refractivity contribution in [1.29, 1.82) is 0 Å². The van der Waals surface area contributed by atoms with Gasteiger partial charge in [-0.3, -0.25) is 4.79 Å². The molecule has 3 aromatic rings. The number of benzene rings is 3. The van der Waals surface area contributed by atoms with Crippen LogP contribution in [0.3, 0.4) is 0 Å². The maximum Gasteiger partial charge on any atom is 0.244 e. The fraction of sp³-hybridized carbons (Fsp3) is 0.0909. The average molecular weight is 344 g/mol. The van der Waals surface area contributed by atoms with E-state index in [4.69, 9.17) is 0 Å². The molecule has 26 heavy (non-hydrogen) atoms. The Labute approximate surface area is 152 Å². The van der Waals surface area contributed by atoms with E-state index >= 15 is 0 Å². The lowest BCUT2D eigenvalue weighted by atomic mass is 9.99. The van der Waals surface area contributed by atoms with E-state index in [0.29, 0.717) is 11.3 Å². The third-order valence-corrected chi connectivity index (χ3v) is 3.95. The molecule has 3 aromatic carbocycles. The molecule has 0 aromatic heterocycles. The lowest BCUT2D eigenvalue weighted by Crippen LogP contribution is -2.24. The van der Waals surface area contributed by atoms with Crippen LogP contribution in [0.15, 0.2) is 96.1 Å². The first kappa shape index (κ1) is 17.6. The minimum Gasteiger partial charge on any atom is -0.382 e. The minimum atomic E-state index is -0.935. The van der Waals surface area contributed by atoms with Crippen molar-refractivity contribution >= 4 is 11.6 Å². The van der Waals surface area contributed by atoms with Crippen LogP contribution in [-0.2, 0) is 11.2 Å². The minimum absolute atomic E-state index is 0.230. The van der Waals surface area contributed by atoms with E-state index in [1.165, 1.54) is 0 Å². The maximum absolute atomic E-state index is 12.2. The molecule has 0 aliphatic carbocycles. The standard InChI is InChI=1S/C22H20N2O2/c25-20(16-17-10-4-1-5-11-17)23-24-21(18-12-6-2-7-13-18)22(26)19-14-8-3-9-15-19/h1-15,22,26H,16H2,(H,23,25)/b24-21+. The first-order valence-corrected chi connectivity index (χ1v) is 8.43. The third-order valence-electron chi connectivity index (χ3n) is 3.95. The second kappa shape index (κ2) is 8.74. The molecule has 0 spiro atoms. The highest BCUT2D eigenvalue weighted by molar-refractivity contribution is 6.04. The number of aliphatic hydroxyl groups is 1. The molecule has 0 aliphatic rings. The summed E-state index contributed by atoms with van der Waals surface area (Å²) in [5.74, 6) is -0.232. The number of nitrogens with zero attached hydrogens (tertiary/aromatic N) is 1. The van der Waals surface area contributed by atoms with E-state index in [0.717, 1.165) is 11.1 Å². The summed E-state index contributed by atoms with van der Waals surface area (Å²) < 4.78 is 0. The second-order valence-corrected chi connectivity index (χ2v) is 5.87. The van der Waals surface area contributed by atoms with Crippen LogP contribution >= 0.6 is 0 Å². The molecule has 1 amide bonds. The SMILES string of the molecule is O=C(Cc1ccccc1)N/N=C(\c1ccccc1)C(O)c1ccccc1. The summed E-state index contributed by atoms with van der Waals surface area (Å²) in [5.41, 5.74) is 5.35. The molecule has 0 heterocycles. The quantitative estimate of drug-likeness (QED) is 0.531. The molecular formula is C22H20N2O2. The Kier molecular flexibility index (Phi) is 5.91. The van der Waals surface area contributed by atoms with Gasteiger partial charge in [-0.25, -0.2) is 5.43 Å². The molecule has 0 radical (unpaired) electrons. The molecule has 4 heteroatoms. The van der Waals surface area contributed by atoms with E-state index in [2.05, 4.69) is 10.5 Å². The van der Waals surface area contributed by atoms with Gasteiger partial charge >= 0.3 is 0 Å². The second-order valence-electron chi connectivity index (χ2n) is 5.87. The summed E-state index contributed by atoms with van der Waals surface area (Å²) in [4.78, 5) is 12.2. The van der Waals surface area contributed by atoms with Crippen LogP contribution in [0.25, 0.3) is 0 Å². The number of hydrazone groups is 1. The van der Waals surface area contributed by atoms with E-state index < -0.39 is 6.10 Å². The summed E-state index contributed by atoms with van der Waals surface area (Å²) in [6.45, 7) is 0. The summed E-state index contributed by atoms with van der Waals surface area (Å²) >= 11 is 0. The normalized spacial score (nSPS) is 12.4. The molecule has 130 valence electrons. The number of hydrogen-bond acceptors (Lipinski definition) is 3. The highest BCUT2D eigenvalue weighted by Crippen LogP contribution is 2.19. The third kappa shape index (κ3) is 4.65. The summed E-state index contributed by atoms with van der Waals surface area (Å²) in [5, 5.41) is 15.0. The fourth-order valence-corrected chi connectivity index (χ4v) is 2.63. The van der Waals surface area contributed by atoms with Gasteiger partial charge in [-0.15, -0.1) is 0 Å². The van der Waals surface area contributed by atoms with Gasteiger partial charge in [0, 0.05) is 5.56 Å². The molecule has 3 rings (SSSR count). The molecule has 4 nitrogen and oxygen atoms in total. The number of carbonyl (C=O) groups is 1. The molecule has 1 atom stereocenters. The number of amides is 1. The van der Waals surface area contributed by atoms with Crippen LogP contribution in [0.4, 0.5) is 0 Å². The lowest BCUT2D eigenvalue weighted by molar-refractivity contribution is -0.120. The Balaban J connectivity index is 1.81. The van der Waals surface area contributed by atoms with Crippen molar-refractivity contribution in [3.8, 4) is 0 Å². The van der Waals surface area contributed by atoms with Gasteiger partial charge < -0.3 is 5.11 Å². The first-order chi connectivity index (χ1) is 12.7. The van der Waals surface area contributed by atoms with Crippen molar-refractivity contribution in [2.45, 2.75) is 12.5 Å². The Hall–Kier alpha value is -3.24. The highest BCUT2D eigenvalue weighted by Gasteiger charge is 2.17. The van der Waals surface area contributed by atoms with Crippen LogP contribution in [0.5, 0.6) is 0 Å². The molecule has 0 saturated heterocycles. The zero-order chi connectivity index (χ0) is 18.2. The topological polar surface area (TPSA) is 61.7 Å². The lowest BCUT2D eigenvalue weighted by Gasteiger charge is -2.15. The van der Waals surface area contributed by atoms with Crippen LogP contribution in [0.1, 0.15) is 22.8 Å². The van der Waals surface area contributed by atoms with E-state index in [1.54, 1.807) is 0 Å². The van der Waals surface area contributed by atoms with Gasteiger partial charge in [0.05, 0.1) is 6.42 Å². The van der Waals surface area contributed by atoms with Crippen molar-refractivity contribution < 1.29 is 9.90 Å². The van der Waals surface area contributed by atoms with Gasteiger partial charge in [-0.05, 0) is 11.1 Å². The summed E-state index contributed by atoms with van der Waals surface area (Å²) in [7, 11) is 0. The van der Waals surface area contributed by atoms with Crippen molar-refractivity contribution in [3.63, 3.8) is 0 Å². The Bertz CT molecular complexity index is 862. The van der Waals surface area contributed by atoms with Gasteiger partial charge in [-0.1, -0.05) is 91.0 Å².